The van der Waals surface area contributed by atoms with Crippen LogP contribution >= 0.6 is 0 Å². The lowest BCUT2D eigenvalue weighted by Crippen LogP contribution is -2.28. The lowest BCUT2D eigenvalue weighted by Gasteiger charge is -2.16. The van der Waals surface area contributed by atoms with Crippen molar-refractivity contribution in [2.24, 2.45) is 0 Å². The molecule has 3 rings (SSSR count). The van der Waals surface area contributed by atoms with Gasteiger partial charge < -0.3 is 20.1 Å². The average molecular weight is 432 g/mol. The van der Waals surface area contributed by atoms with E-state index in [1.54, 1.807) is 48.5 Å². The van der Waals surface area contributed by atoms with Gasteiger partial charge in [-0.2, -0.15) is 0 Å². The molecule has 0 fully saturated rings. The molecule has 0 bridgehead atoms. The Morgan fingerprint density at radius 1 is 0.875 bits per heavy atom. The van der Waals surface area contributed by atoms with Gasteiger partial charge in [-0.25, -0.2) is 4.79 Å². The maximum atomic E-state index is 12.8. The number of methoxy groups -OCH3 is 1. The van der Waals surface area contributed by atoms with Gasteiger partial charge in [0.05, 0.1) is 30.0 Å². The highest BCUT2D eigenvalue weighted by molar-refractivity contribution is 6.04. The number of ether oxygens (including phenoxy) is 2. The Hall–Kier alpha value is -4.13. The Morgan fingerprint density at radius 3 is 2.22 bits per heavy atom. The smallest absolute Gasteiger partial charge is 0.337 e. The number of esters is 1. The highest BCUT2D eigenvalue weighted by Gasteiger charge is 2.16. The summed E-state index contributed by atoms with van der Waals surface area (Å²) >= 11 is 0. The molecule has 0 aliphatic heterocycles. The molecular weight excluding hydrogens is 408 g/mol. The number of carbonyl (C=O) groups excluding carboxylic acids is 3. The Morgan fingerprint density at radius 2 is 1.53 bits per heavy atom. The minimum absolute atomic E-state index is 0.191. The standard InChI is InChI=1S/C25H24N2O5/c1-17(18-8-4-3-5-9-18)26-24(29)21-10-6-7-11-22(21)27-23(28)16-32-20-14-12-19(13-15-20)25(30)31-2/h3-15,17H,16H2,1-2H3,(H,26,29)(H,27,28). The van der Waals surface area contributed by atoms with Gasteiger partial charge in [-0.05, 0) is 48.9 Å². The average Bonchev–Trinajstić information content (AvgIpc) is 2.83. The number of benzene rings is 3. The van der Waals surface area contributed by atoms with Crippen LogP contribution in [0.4, 0.5) is 5.69 Å². The van der Waals surface area contributed by atoms with Crippen LogP contribution in [0.1, 0.15) is 39.2 Å². The topological polar surface area (TPSA) is 93.7 Å². The van der Waals surface area contributed by atoms with E-state index >= 15 is 0 Å². The van der Waals surface area contributed by atoms with E-state index in [-0.39, 0.29) is 18.6 Å². The summed E-state index contributed by atoms with van der Waals surface area (Å²) in [5, 5.41) is 5.66. The molecular formula is C25H24N2O5. The van der Waals surface area contributed by atoms with Crippen LogP contribution in [0.2, 0.25) is 0 Å². The summed E-state index contributed by atoms with van der Waals surface area (Å²) in [7, 11) is 1.30. The Bertz CT molecular complexity index is 1080. The number of amides is 2. The normalized spacial score (nSPS) is 11.2. The van der Waals surface area contributed by atoms with Crippen molar-refractivity contribution in [1.29, 1.82) is 0 Å². The van der Waals surface area contributed by atoms with Gasteiger partial charge in [0.15, 0.2) is 6.61 Å². The van der Waals surface area contributed by atoms with E-state index in [2.05, 4.69) is 15.4 Å². The summed E-state index contributed by atoms with van der Waals surface area (Å²) < 4.78 is 10.1. The second kappa shape index (κ2) is 10.8. The lowest BCUT2D eigenvalue weighted by atomic mass is 10.1. The number of hydrogen-bond acceptors (Lipinski definition) is 5. The predicted octanol–water partition coefficient (Wildman–Crippen LogP) is 3.98. The molecule has 2 amide bonds. The fourth-order valence-corrected chi connectivity index (χ4v) is 3.03. The van der Waals surface area contributed by atoms with E-state index in [1.165, 1.54) is 7.11 Å². The summed E-state index contributed by atoms with van der Waals surface area (Å²) in [5.74, 6) is -0.740. The number of rotatable bonds is 8. The van der Waals surface area contributed by atoms with E-state index < -0.39 is 11.9 Å². The van der Waals surface area contributed by atoms with Gasteiger partial charge in [0, 0.05) is 0 Å². The van der Waals surface area contributed by atoms with Crippen molar-refractivity contribution in [3.8, 4) is 5.75 Å². The molecule has 0 aromatic heterocycles. The highest BCUT2D eigenvalue weighted by Crippen LogP contribution is 2.18. The molecule has 164 valence electrons. The monoisotopic (exact) mass is 432 g/mol. The maximum Gasteiger partial charge on any atom is 0.337 e. The van der Waals surface area contributed by atoms with Gasteiger partial charge in [0.25, 0.3) is 11.8 Å². The van der Waals surface area contributed by atoms with Crippen LogP contribution in [0.15, 0.2) is 78.9 Å². The third-order valence-corrected chi connectivity index (χ3v) is 4.74. The molecule has 3 aromatic rings. The highest BCUT2D eigenvalue weighted by atomic mass is 16.5. The van der Waals surface area contributed by atoms with E-state index in [9.17, 15) is 14.4 Å². The number of nitrogens with one attached hydrogen (secondary N) is 2. The van der Waals surface area contributed by atoms with Gasteiger partial charge in [-0.1, -0.05) is 42.5 Å². The zero-order valence-electron chi connectivity index (χ0n) is 17.8. The van der Waals surface area contributed by atoms with Crippen LogP contribution < -0.4 is 15.4 Å². The molecule has 1 unspecified atom stereocenters. The molecule has 0 aliphatic rings. The number of hydrogen-bond donors (Lipinski definition) is 2. The number of anilines is 1. The molecule has 0 spiro atoms. The lowest BCUT2D eigenvalue weighted by molar-refractivity contribution is -0.118. The molecule has 7 nitrogen and oxygen atoms in total. The summed E-state index contributed by atoms with van der Waals surface area (Å²) in [6.07, 6.45) is 0. The first-order chi connectivity index (χ1) is 15.5. The molecule has 0 heterocycles. The van der Waals surface area contributed by atoms with Crippen molar-refractivity contribution < 1.29 is 23.9 Å². The van der Waals surface area contributed by atoms with Crippen LogP contribution in [-0.4, -0.2) is 31.5 Å². The largest absolute Gasteiger partial charge is 0.484 e. The number of carbonyl (C=O) groups is 3. The second-order valence-corrected chi connectivity index (χ2v) is 7.00. The van der Waals surface area contributed by atoms with Crippen molar-refractivity contribution in [2.45, 2.75) is 13.0 Å². The van der Waals surface area contributed by atoms with Crippen LogP contribution in [0, 0.1) is 0 Å². The SMILES string of the molecule is COC(=O)c1ccc(OCC(=O)Nc2ccccc2C(=O)NC(C)c2ccccc2)cc1. The van der Waals surface area contributed by atoms with E-state index in [0.29, 0.717) is 22.6 Å². The second-order valence-electron chi connectivity index (χ2n) is 7.00. The Balaban J connectivity index is 1.59. The third kappa shape index (κ3) is 5.95. The summed E-state index contributed by atoms with van der Waals surface area (Å²) in [4.78, 5) is 36.6. The Labute approximate surface area is 186 Å². The fourth-order valence-electron chi connectivity index (χ4n) is 3.03. The van der Waals surface area contributed by atoms with Gasteiger partial charge in [-0.15, -0.1) is 0 Å². The molecule has 2 N–H and O–H groups in total. The van der Waals surface area contributed by atoms with Gasteiger partial charge in [0.1, 0.15) is 5.75 Å². The van der Waals surface area contributed by atoms with E-state index in [0.717, 1.165) is 5.56 Å². The van der Waals surface area contributed by atoms with Crippen molar-refractivity contribution in [3.63, 3.8) is 0 Å². The minimum Gasteiger partial charge on any atom is -0.484 e. The van der Waals surface area contributed by atoms with Crippen molar-refractivity contribution >= 4 is 23.5 Å². The number of para-hydroxylation sites is 1. The zero-order valence-corrected chi connectivity index (χ0v) is 17.8. The van der Waals surface area contributed by atoms with Crippen LogP contribution in [0.3, 0.4) is 0 Å². The maximum absolute atomic E-state index is 12.8. The van der Waals surface area contributed by atoms with Crippen molar-refractivity contribution in [1.82, 2.24) is 5.32 Å². The molecule has 0 aliphatic carbocycles. The molecule has 1 atom stereocenters. The first-order valence-electron chi connectivity index (χ1n) is 10.0. The van der Waals surface area contributed by atoms with Crippen molar-refractivity contribution in [2.75, 3.05) is 19.0 Å². The van der Waals surface area contributed by atoms with E-state index in [4.69, 9.17) is 4.74 Å². The third-order valence-electron chi connectivity index (χ3n) is 4.74. The Kier molecular flexibility index (Phi) is 7.59. The zero-order chi connectivity index (χ0) is 22.9. The first-order valence-corrected chi connectivity index (χ1v) is 10.0. The van der Waals surface area contributed by atoms with Crippen LogP contribution in [-0.2, 0) is 9.53 Å². The fraction of sp³-hybridized carbons (Fsp3) is 0.160. The van der Waals surface area contributed by atoms with Gasteiger partial charge in [-0.3, -0.25) is 9.59 Å². The molecule has 7 heteroatoms. The molecule has 0 saturated carbocycles. The summed E-state index contributed by atoms with van der Waals surface area (Å²) in [6.45, 7) is 1.64. The predicted molar refractivity (Wildman–Crippen MR) is 121 cm³/mol. The van der Waals surface area contributed by atoms with Crippen molar-refractivity contribution in [3.05, 3.63) is 95.6 Å². The first kappa shape index (κ1) is 22.6. The molecule has 32 heavy (non-hydrogen) atoms. The quantitative estimate of drug-likeness (QED) is 0.525. The molecule has 3 aromatic carbocycles. The summed E-state index contributed by atoms with van der Waals surface area (Å²) in [6, 6.07) is 22.4. The molecule has 0 radical (unpaired) electrons. The van der Waals surface area contributed by atoms with Crippen LogP contribution in [0.25, 0.3) is 0 Å². The van der Waals surface area contributed by atoms with E-state index in [1.807, 2.05) is 37.3 Å². The van der Waals surface area contributed by atoms with Gasteiger partial charge in [0.2, 0.25) is 0 Å². The minimum atomic E-state index is -0.453. The van der Waals surface area contributed by atoms with Gasteiger partial charge >= 0.3 is 5.97 Å². The van der Waals surface area contributed by atoms with Crippen LogP contribution in [0.5, 0.6) is 5.75 Å². The summed E-state index contributed by atoms with van der Waals surface area (Å²) in [5.41, 5.74) is 2.11. The molecule has 0 saturated heterocycles.